The van der Waals surface area contributed by atoms with E-state index >= 15 is 0 Å². The van der Waals surface area contributed by atoms with Gasteiger partial charge in [-0.3, -0.25) is 9.59 Å². The number of nitrogens with one attached hydrogen (secondary N) is 2. The van der Waals surface area contributed by atoms with Crippen molar-refractivity contribution in [1.29, 1.82) is 0 Å². The smallest absolute Gasteiger partial charge is 0.328 e. The SMILES string of the molecule is CC(C)C[C@H](NC(=O)c1nc[nH]c1C(=O)N1CC[NH2+]CC1)C(=O)OCc1ccccc1.[Cl-]. The second kappa shape index (κ2) is 12.2. The number of quaternary nitrogens is 1. The standard InChI is InChI=1S/C22H29N5O4.ClH/c1-15(2)12-17(22(30)31-13-16-6-4-3-5-7-16)26-20(28)18-19(25-14-24-18)21(29)27-10-8-23-9-11-27;/h3-7,14-15,17,23H,8-13H2,1-2H3,(H,24,25)(H,26,28);1H/t17-;/m0./s1. The van der Waals surface area contributed by atoms with Crippen LogP contribution in [-0.2, 0) is 16.1 Å². The Morgan fingerprint density at radius 3 is 2.53 bits per heavy atom. The van der Waals surface area contributed by atoms with E-state index in [0.29, 0.717) is 19.5 Å². The van der Waals surface area contributed by atoms with E-state index < -0.39 is 17.9 Å². The maximum absolute atomic E-state index is 12.9. The number of H-pyrrole nitrogens is 1. The van der Waals surface area contributed by atoms with Gasteiger partial charge < -0.3 is 37.7 Å². The molecule has 0 bridgehead atoms. The van der Waals surface area contributed by atoms with Gasteiger partial charge in [0.1, 0.15) is 18.3 Å². The van der Waals surface area contributed by atoms with Gasteiger partial charge in [0.2, 0.25) is 0 Å². The Morgan fingerprint density at radius 1 is 1.19 bits per heavy atom. The van der Waals surface area contributed by atoms with Crippen molar-refractivity contribution in [3.05, 3.63) is 53.6 Å². The topological polar surface area (TPSA) is 121 Å². The maximum Gasteiger partial charge on any atom is 0.328 e. The van der Waals surface area contributed by atoms with Crippen molar-refractivity contribution in [2.45, 2.75) is 32.9 Å². The quantitative estimate of drug-likeness (QED) is 0.368. The lowest BCUT2D eigenvalue weighted by Crippen LogP contribution is -3.00. The minimum Gasteiger partial charge on any atom is -1.00 e. The van der Waals surface area contributed by atoms with E-state index in [0.717, 1.165) is 18.7 Å². The first kappa shape index (κ1) is 25.4. The summed E-state index contributed by atoms with van der Waals surface area (Å²) >= 11 is 0. The van der Waals surface area contributed by atoms with Crippen LogP contribution in [0, 0.1) is 5.92 Å². The van der Waals surface area contributed by atoms with Crippen LogP contribution in [0.1, 0.15) is 46.8 Å². The van der Waals surface area contributed by atoms with Crippen molar-refractivity contribution in [3.8, 4) is 0 Å². The zero-order valence-electron chi connectivity index (χ0n) is 18.3. The Balaban J connectivity index is 0.00000363. The molecular weight excluding hydrogens is 434 g/mol. The van der Waals surface area contributed by atoms with E-state index in [4.69, 9.17) is 4.74 Å². The number of carbonyl (C=O) groups excluding carboxylic acids is 3. The van der Waals surface area contributed by atoms with Gasteiger partial charge in [0.15, 0.2) is 5.69 Å². The first-order valence-corrected chi connectivity index (χ1v) is 10.6. The molecule has 2 heterocycles. The third-order valence-corrected chi connectivity index (χ3v) is 5.08. The van der Waals surface area contributed by atoms with Crippen LogP contribution in [-0.4, -0.2) is 64.9 Å². The average molecular weight is 464 g/mol. The molecule has 1 aliphatic heterocycles. The molecule has 4 N–H and O–H groups in total. The molecule has 0 radical (unpaired) electrons. The predicted molar refractivity (Wildman–Crippen MR) is 113 cm³/mol. The number of imidazole rings is 1. The molecule has 9 nitrogen and oxygen atoms in total. The van der Waals surface area contributed by atoms with Crippen molar-refractivity contribution in [2.75, 3.05) is 26.2 Å². The number of piperazine rings is 1. The van der Waals surface area contributed by atoms with Crippen molar-refractivity contribution >= 4 is 17.8 Å². The molecule has 3 rings (SSSR count). The first-order chi connectivity index (χ1) is 15.0. The Labute approximate surface area is 193 Å². The van der Waals surface area contributed by atoms with E-state index in [1.165, 1.54) is 6.33 Å². The number of esters is 1. The molecule has 2 aromatic rings. The molecule has 0 aliphatic carbocycles. The third kappa shape index (κ3) is 6.80. The van der Waals surface area contributed by atoms with Gasteiger partial charge in [-0.15, -0.1) is 0 Å². The zero-order valence-corrected chi connectivity index (χ0v) is 19.1. The van der Waals surface area contributed by atoms with Gasteiger partial charge in [-0.25, -0.2) is 9.78 Å². The highest BCUT2D eigenvalue weighted by molar-refractivity contribution is 6.05. The normalized spacial score (nSPS) is 14.4. The van der Waals surface area contributed by atoms with Gasteiger partial charge in [-0.05, 0) is 17.9 Å². The minimum atomic E-state index is -0.833. The molecule has 1 aromatic heterocycles. The summed E-state index contributed by atoms with van der Waals surface area (Å²) in [5.41, 5.74) is 0.994. The number of carbonyl (C=O) groups is 3. The molecule has 0 saturated carbocycles. The Kier molecular flexibility index (Phi) is 9.67. The number of nitrogens with two attached hydrogens (primary N) is 1. The van der Waals surface area contributed by atoms with E-state index in [9.17, 15) is 14.4 Å². The summed E-state index contributed by atoms with van der Waals surface area (Å²) in [6.07, 6.45) is 1.73. The lowest BCUT2D eigenvalue weighted by atomic mass is 10.0. The van der Waals surface area contributed by atoms with Crippen molar-refractivity contribution < 1.29 is 36.8 Å². The second-order valence-corrected chi connectivity index (χ2v) is 8.03. The van der Waals surface area contributed by atoms with Crippen LogP contribution >= 0.6 is 0 Å². The lowest BCUT2D eigenvalue weighted by molar-refractivity contribution is -0.661. The number of nitrogens with zero attached hydrogens (tertiary/aromatic N) is 2. The van der Waals surface area contributed by atoms with Gasteiger partial charge in [0.25, 0.3) is 11.8 Å². The Morgan fingerprint density at radius 2 is 1.88 bits per heavy atom. The second-order valence-electron chi connectivity index (χ2n) is 8.03. The molecule has 1 fully saturated rings. The van der Waals surface area contributed by atoms with Crippen molar-refractivity contribution in [1.82, 2.24) is 20.2 Å². The van der Waals surface area contributed by atoms with Gasteiger partial charge in [0.05, 0.1) is 32.5 Å². The molecule has 0 unspecified atom stereocenters. The van der Waals surface area contributed by atoms with Crippen molar-refractivity contribution in [2.24, 2.45) is 5.92 Å². The number of halogens is 1. The lowest BCUT2D eigenvalue weighted by Gasteiger charge is -2.25. The van der Waals surface area contributed by atoms with Gasteiger partial charge in [-0.1, -0.05) is 44.2 Å². The number of aromatic amines is 1. The summed E-state index contributed by atoms with van der Waals surface area (Å²) in [6, 6.07) is 8.52. The summed E-state index contributed by atoms with van der Waals surface area (Å²) in [4.78, 5) is 46.9. The average Bonchev–Trinajstić information content (AvgIpc) is 3.27. The highest BCUT2D eigenvalue weighted by Gasteiger charge is 2.30. The Hall–Kier alpha value is -2.91. The molecule has 10 heteroatoms. The fourth-order valence-electron chi connectivity index (χ4n) is 3.48. The fourth-order valence-corrected chi connectivity index (χ4v) is 3.48. The van der Waals surface area contributed by atoms with Crippen LogP contribution in [0.15, 0.2) is 36.7 Å². The van der Waals surface area contributed by atoms with Crippen LogP contribution in [0.5, 0.6) is 0 Å². The van der Waals surface area contributed by atoms with Gasteiger partial charge in [0, 0.05) is 0 Å². The highest BCUT2D eigenvalue weighted by Crippen LogP contribution is 2.12. The van der Waals surface area contributed by atoms with Crippen molar-refractivity contribution in [3.63, 3.8) is 0 Å². The summed E-state index contributed by atoms with van der Waals surface area (Å²) in [5, 5.41) is 4.85. The molecule has 1 aliphatic rings. The zero-order chi connectivity index (χ0) is 22.2. The number of benzene rings is 1. The van der Waals surface area contributed by atoms with E-state index in [-0.39, 0.29) is 42.2 Å². The molecule has 1 atom stereocenters. The molecule has 1 aromatic carbocycles. The van der Waals surface area contributed by atoms with Crippen LogP contribution < -0.4 is 23.0 Å². The largest absolute Gasteiger partial charge is 1.00 e. The first-order valence-electron chi connectivity index (χ1n) is 10.6. The van der Waals surface area contributed by atoms with Gasteiger partial charge >= 0.3 is 5.97 Å². The van der Waals surface area contributed by atoms with Crippen LogP contribution in [0.4, 0.5) is 0 Å². The van der Waals surface area contributed by atoms with Crippen LogP contribution in [0.25, 0.3) is 0 Å². The highest BCUT2D eigenvalue weighted by atomic mass is 35.5. The molecule has 32 heavy (non-hydrogen) atoms. The number of aromatic nitrogens is 2. The molecule has 1 saturated heterocycles. The molecule has 0 spiro atoms. The van der Waals surface area contributed by atoms with Crippen LogP contribution in [0.2, 0.25) is 0 Å². The third-order valence-electron chi connectivity index (χ3n) is 5.08. The maximum atomic E-state index is 12.9. The Bertz CT molecular complexity index is 897. The summed E-state index contributed by atoms with van der Waals surface area (Å²) in [5.74, 6) is -1.20. The molecular formula is C22H30ClN5O4. The number of rotatable bonds is 8. The monoisotopic (exact) mass is 463 g/mol. The number of ether oxygens (including phenoxy) is 1. The predicted octanol–water partition coefficient (Wildman–Crippen LogP) is -2.68. The molecule has 2 amide bonds. The molecule has 174 valence electrons. The summed E-state index contributed by atoms with van der Waals surface area (Å²) in [7, 11) is 0. The fraction of sp³-hybridized carbons (Fsp3) is 0.455. The number of hydrogen-bond acceptors (Lipinski definition) is 5. The number of amides is 2. The summed E-state index contributed by atoms with van der Waals surface area (Å²) < 4.78 is 5.42. The van der Waals surface area contributed by atoms with Crippen LogP contribution in [0.3, 0.4) is 0 Å². The summed E-state index contributed by atoms with van der Waals surface area (Å²) in [6.45, 7) is 6.92. The van der Waals surface area contributed by atoms with E-state index in [2.05, 4.69) is 20.6 Å². The van der Waals surface area contributed by atoms with E-state index in [1.54, 1.807) is 4.90 Å². The minimum absolute atomic E-state index is 0. The number of hydrogen-bond donors (Lipinski definition) is 3. The van der Waals surface area contributed by atoms with Gasteiger partial charge in [-0.2, -0.15) is 0 Å². The van der Waals surface area contributed by atoms with E-state index in [1.807, 2.05) is 44.2 Å².